The number of benzene rings is 1. The summed E-state index contributed by atoms with van der Waals surface area (Å²) in [6.07, 6.45) is 5.17. The van der Waals surface area contributed by atoms with Gasteiger partial charge in [0.2, 0.25) is 0 Å². The van der Waals surface area contributed by atoms with Crippen molar-refractivity contribution in [3.8, 4) is 0 Å². The number of hydrogen-bond acceptors (Lipinski definition) is 3. The SMILES string of the molecule is CC1CCCCN1CCCNCc1cccc(C(=O)O)c1. The minimum absolute atomic E-state index is 0.358. The Morgan fingerprint density at radius 2 is 2.29 bits per heavy atom. The largest absolute Gasteiger partial charge is 0.478 e. The Bertz CT molecular complexity index is 462. The van der Waals surface area contributed by atoms with Gasteiger partial charge in [-0.3, -0.25) is 0 Å². The van der Waals surface area contributed by atoms with Gasteiger partial charge in [0, 0.05) is 12.6 Å². The molecule has 1 fully saturated rings. The minimum Gasteiger partial charge on any atom is -0.478 e. The molecule has 1 heterocycles. The summed E-state index contributed by atoms with van der Waals surface area (Å²) in [5, 5.41) is 12.4. The van der Waals surface area contributed by atoms with Crippen LogP contribution in [0.25, 0.3) is 0 Å². The average molecular weight is 290 g/mol. The molecule has 2 N–H and O–H groups in total. The molecule has 0 spiro atoms. The maximum atomic E-state index is 10.9. The van der Waals surface area contributed by atoms with Crippen molar-refractivity contribution in [1.82, 2.24) is 10.2 Å². The van der Waals surface area contributed by atoms with Crippen LogP contribution >= 0.6 is 0 Å². The topological polar surface area (TPSA) is 52.6 Å². The summed E-state index contributed by atoms with van der Waals surface area (Å²) < 4.78 is 0. The van der Waals surface area contributed by atoms with Crippen LogP contribution in [0.2, 0.25) is 0 Å². The predicted octanol–water partition coefficient (Wildman–Crippen LogP) is 2.74. The van der Waals surface area contributed by atoms with E-state index >= 15 is 0 Å². The molecule has 0 radical (unpaired) electrons. The molecule has 1 unspecified atom stereocenters. The van der Waals surface area contributed by atoms with E-state index in [9.17, 15) is 4.79 Å². The molecule has 0 bridgehead atoms. The summed E-state index contributed by atoms with van der Waals surface area (Å²) >= 11 is 0. The summed E-state index contributed by atoms with van der Waals surface area (Å²) in [6.45, 7) is 6.42. The number of aromatic carboxylic acids is 1. The Kier molecular flexibility index (Phi) is 6.21. The highest BCUT2D eigenvalue weighted by atomic mass is 16.4. The monoisotopic (exact) mass is 290 g/mol. The van der Waals surface area contributed by atoms with Gasteiger partial charge < -0.3 is 15.3 Å². The third-order valence-electron chi connectivity index (χ3n) is 4.24. The van der Waals surface area contributed by atoms with Crippen LogP contribution in [-0.4, -0.2) is 41.7 Å². The fraction of sp³-hybridized carbons (Fsp3) is 0.588. The van der Waals surface area contributed by atoms with E-state index in [0.717, 1.165) is 37.7 Å². The van der Waals surface area contributed by atoms with Crippen molar-refractivity contribution in [2.75, 3.05) is 19.6 Å². The summed E-state index contributed by atoms with van der Waals surface area (Å²) in [5.74, 6) is -0.865. The Balaban J connectivity index is 1.65. The predicted molar refractivity (Wildman–Crippen MR) is 84.6 cm³/mol. The third-order valence-corrected chi connectivity index (χ3v) is 4.24. The van der Waals surface area contributed by atoms with Gasteiger partial charge in [0.1, 0.15) is 0 Å². The van der Waals surface area contributed by atoms with Crippen LogP contribution in [0.5, 0.6) is 0 Å². The van der Waals surface area contributed by atoms with Crippen LogP contribution in [0.4, 0.5) is 0 Å². The van der Waals surface area contributed by atoms with Gasteiger partial charge in [0.15, 0.2) is 0 Å². The lowest BCUT2D eigenvalue weighted by atomic mass is 10.0. The first-order chi connectivity index (χ1) is 10.2. The summed E-state index contributed by atoms with van der Waals surface area (Å²) in [7, 11) is 0. The normalized spacial score (nSPS) is 19.6. The lowest BCUT2D eigenvalue weighted by Gasteiger charge is -2.33. The van der Waals surface area contributed by atoms with E-state index in [2.05, 4.69) is 17.1 Å². The number of carboxylic acid groups (broad SMARTS) is 1. The molecule has 0 amide bonds. The van der Waals surface area contributed by atoms with Gasteiger partial charge in [-0.2, -0.15) is 0 Å². The Labute approximate surface area is 127 Å². The van der Waals surface area contributed by atoms with Crippen LogP contribution in [0, 0.1) is 0 Å². The van der Waals surface area contributed by atoms with Crippen LogP contribution in [0.3, 0.4) is 0 Å². The quantitative estimate of drug-likeness (QED) is 0.758. The maximum absolute atomic E-state index is 10.9. The second kappa shape index (κ2) is 8.15. The van der Waals surface area contributed by atoms with E-state index in [4.69, 9.17) is 5.11 Å². The smallest absolute Gasteiger partial charge is 0.335 e. The van der Waals surface area contributed by atoms with Crippen molar-refractivity contribution in [2.24, 2.45) is 0 Å². The highest BCUT2D eigenvalue weighted by Gasteiger charge is 2.16. The van der Waals surface area contributed by atoms with Gasteiger partial charge in [0.05, 0.1) is 5.56 Å². The standard InChI is InChI=1S/C17H26N2O2/c1-14-6-2-3-10-19(14)11-5-9-18-13-15-7-4-8-16(12-15)17(20)21/h4,7-8,12,14,18H,2-3,5-6,9-11,13H2,1H3,(H,20,21). The molecule has 0 aliphatic carbocycles. The van der Waals surface area contributed by atoms with E-state index in [-0.39, 0.29) is 0 Å². The Morgan fingerprint density at radius 1 is 1.43 bits per heavy atom. The van der Waals surface area contributed by atoms with Gasteiger partial charge in [0.25, 0.3) is 0 Å². The number of carbonyl (C=O) groups is 1. The first kappa shape index (κ1) is 16.0. The van der Waals surface area contributed by atoms with Gasteiger partial charge in [-0.05, 0) is 63.5 Å². The zero-order valence-corrected chi connectivity index (χ0v) is 12.8. The zero-order chi connectivity index (χ0) is 15.1. The van der Waals surface area contributed by atoms with Crippen molar-refractivity contribution >= 4 is 5.97 Å². The number of likely N-dealkylation sites (tertiary alicyclic amines) is 1. The molecule has 116 valence electrons. The molecule has 1 aromatic rings. The second-order valence-corrected chi connectivity index (χ2v) is 5.92. The first-order valence-corrected chi connectivity index (χ1v) is 7.94. The molecule has 2 rings (SSSR count). The first-order valence-electron chi connectivity index (χ1n) is 7.94. The molecule has 1 atom stereocenters. The van der Waals surface area contributed by atoms with Gasteiger partial charge in [-0.25, -0.2) is 4.79 Å². The van der Waals surface area contributed by atoms with Crippen LogP contribution < -0.4 is 5.32 Å². The molecule has 4 heteroatoms. The molecule has 4 nitrogen and oxygen atoms in total. The van der Waals surface area contributed by atoms with E-state index < -0.39 is 5.97 Å². The van der Waals surface area contributed by atoms with Gasteiger partial charge in [-0.1, -0.05) is 18.6 Å². The Morgan fingerprint density at radius 3 is 3.05 bits per heavy atom. The molecule has 0 aromatic heterocycles. The second-order valence-electron chi connectivity index (χ2n) is 5.92. The van der Waals surface area contributed by atoms with Gasteiger partial charge in [-0.15, -0.1) is 0 Å². The highest BCUT2D eigenvalue weighted by molar-refractivity contribution is 5.87. The molecule has 0 saturated carbocycles. The number of carboxylic acids is 1. The van der Waals surface area contributed by atoms with Crippen molar-refractivity contribution < 1.29 is 9.90 Å². The number of rotatable bonds is 7. The molecular formula is C17H26N2O2. The summed E-state index contributed by atoms with van der Waals surface area (Å²) in [5.41, 5.74) is 1.39. The average Bonchev–Trinajstić information content (AvgIpc) is 2.49. The maximum Gasteiger partial charge on any atom is 0.335 e. The van der Waals surface area contributed by atoms with Crippen molar-refractivity contribution in [3.63, 3.8) is 0 Å². The summed E-state index contributed by atoms with van der Waals surface area (Å²) in [6, 6.07) is 7.86. The van der Waals surface area contributed by atoms with Crippen LogP contribution in [-0.2, 0) is 6.54 Å². The Hall–Kier alpha value is -1.39. The highest BCUT2D eigenvalue weighted by Crippen LogP contribution is 2.16. The number of nitrogens with zero attached hydrogens (tertiary/aromatic N) is 1. The van der Waals surface area contributed by atoms with Crippen molar-refractivity contribution in [3.05, 3.63) is 35.4 Å². The minimum atomic E-state index is -0.865. The van der Waals surface area contributed by atoms with E-state index in [0.29, 0.717) is 5.56 Å². The van der Waals surface area contributed by atoms with Crippen LogP contribution in [0.15, 0.2) is 24.3 Å². The molecule has 1 aliphatic rings. The molecule has 1 saturated heterocycles. The van der Waals surface area contributed by atoms with E-state index in [1.165, 1.54) is 25.8 Å². The lowest BCUT2D eigenvalue weighted by molar-refractivity contribution is 0.0696. The van der Waals surface area contributed by atoms with E-state index in [1.54, 1.807) is 18.2 Å². The fourth-order valence-electron chi connectivity index (χ4n) is 2.94. The van der Waals surface area contributed by atoms with E-state index in [1.807, 2.05) is 6.07 Å². The molecule has 1 aromatic carbocycles. The lowest BCUT2D eigenvalue weighted by Crippen LogP contribution is -2.38. The zero-order valence-electron chi connectivity index (χ0n) is 12.8. The summed E-state index contributed by atoms with van der Waals surface area (Å²) in [4.78, 5) is 13.5. The molecular weight excluding hydrogens is 264 g/mol. The van der Waals surface area contributed by atoms with Gasteiger partial charge >= 0.3 is 5.97 Å². The molecule has 1 aliphatic heterocycles. The van der Waals surface area contributed by atoms with Crippen molar-refractivity contribution in [2.45, 2.75) is 45.2 Å². The third kappa shape index (κ3) is 5.14. The fourth-order valence-corrected chi connectivity index (χ4v) is 2.94. The number of piperidine rings is 1. The van der Waals surface area contributed by atoms with Crippen molar-refractivity contribution in [1.29, 1.82) is 0 Å². The van der Waals surface area contributed by atoms with Crippen LogP contribution in [0.1, 0.15) is 48.5 Å². The number of nitrogens with one attached hydrogen (secondary N) is 1. The number of hydrogen-bond donors (Lipinski definition) is 2. The molecule has 21 heavy (non-hydrogen) atoms.